The number of nitrogens with zero attached hydrogens (tertiary/aromatic N) is 1. The quantitative estimate of drug-likeness (QED) is 0.546. The first-order valence-electron chi connectivity index (χ1n) is 3.79. The van der Waals surface area contributed by atoms with Crippen molar-refractivity contribution in [1.29, 1.82) is 0 Å². The minimum absolute atomic E-state index is 0.634. The first-order valence-corrected chi connectivity index (χ1v) is 3.79. The first-order chi connectivity index (χ1) is 5.88. The number of nitrogens with one attached hydrogen (secondary N) is 1. The van der Waals surface area contributed by atoms with Gasteiger partial charge >= 0.3 is 0 Å². The Morgan fingerprint density at radius 3 is 2.92 bits per heavy atom. The Kier molecular flexibility index (Phi) is 3.05. The van der Waals surface area contributed by atoms with Crippen molar-refractivity contribution in [1.82, 2.24) is 0 Å². The van der Waals surface area contributed by atoms with Crippen LogP contribution < -0.4 is 5.32 Å². The Labute approximate surface area is 71.1 Å². The number of isocyanates is 1. The molecule has 0 aliphatic carbocycles. The summed E-state index contributed by atoms with van der Waals surface area (Å²) in [7, 11) is 0. The first kappa shape index (κ1) is 8.50. The molecule has 0 saturated heterocycles. The lowest BCUT2D eigenvalue weighted by Gasteiger charge is -2.03. The molecule has 0 bridgehead atoms. The molecule has 62 valence electrons. The third-order valence-corrected chi connectivity index (χ3v) is 1.44. The molecular formula is C9H10N2O. The van der Waals surface area contributed by atoms with Gasteiger partial charge in [-0.2, -0.15) is 4.99 Å². The molecule has 0 unspecified atom stereocenters. The van der Waals surface area contributed by atoms with Crippen molar-refractivity contribution < 1.29 is 4.79 Å². The van der Waals surface area contributed by atoms with Gasteiger partial charge in [0.05, 0.1) is 11.4 Å². The van der Waals surface area contributed by atoms with Gasteiger partial charge in [0.25, 0.3) is 0 Å². The van der Waals surface area contributed by atoms with E-state index in [1.807, 2.05) is 25.1 Å². The number of para-hydroxylation sites is 2. The van der Waals surface area contributed by atoms with Crippen LogP contribution in [0.4, 0.5) is 11.4 Å². The highest BCUT2D eigenvalue weighted by Crippen LogP contribution is 2.22. The summed E-state index contributed by atoms with van der Waals surface area (Å²) in [5.74, 6) is 0. The van der Waals surface area contributed by atoms with Crippen LogP contribution in [0.5, 0.6) is 0 Å². The third-order valence-electron chi connectivity index (χ3n) is 1.44. The molecular weight excluding hydrogens is 152 g/mol. The largest absolute Gasteiger partial charge is 0.384 e. The molecule has 3 nitrogen and oxygen atoms in total. The van der Waals surface area contributed by atoms with Gasteiger partial charge in [-0.15, -0.1) is 0 Å². The Bertz CT molecular complexity index is 303. The van der Waals surface area contributed by atoms with Crippen molar-refractivity contribution in [3.8, 4) is 0 Å². The van der Waals surface area contributed by atoms with Crippen molar-refractivity contribution in [3.63, 3.8) is 0 Å². The highest BCUT2D eigenvalue weighted by Gasteiger charge is 1.96. The predicted octanol–water partition coefficient (Wildman–Crippen LogP) is 2.09. The van der Waals surface area contributed by atoms with Crippen LogP contribution in [0, 0.1) is 0 Å². The molecule has 0 radical (unpaired) electrons. The van der Waals surface area contributed by atoms with E-state index in [1.165, 1.54) is 6.08 Å². The fourth-order valence-electron chi connectivity index (χ4n) is 0.960. The zero-order chi connectivity index (χ0) is 8.81. The number of hydrogen-bond donors (Lipinski definition) is 1. The normalized spacial score (nSPS) is 8.75. The maximum atomic E-state index is 10.0. The molecule has 1 aromatic rings. The molecule has 0 amide bonds. The molecule has 12 heavy (non-hydrogen) atoms. The Morgan fingerprint density at radius 1 is 1.50 bits per heavy atom. The summed E-state index contributed by atoms with van der Waals surface area (Å²) in [5.41, 5.74) is 1.50. The van der Waals surface area contributed by atoms with Crippen LogP contribution in [0.1, 0.15) is 6.92 Å². The minimum Gasteiger partial charge on any atom is -0.384 e. The lowest BCUT2D eigenvalue weighted by molar-refractivity contribution is 0.565. The van der Waals surface area contributed by atoms with Crippen molar-refractivity contribution in [2.45, 2.75) is 6.92 Å². The highest BCUT2D eigenvalue weighted by molar-refractivity contribution is 5.67. The molecule has 0 aliphatic heterocycles. The maximum Gasteiger partial charge on any atom is 0.240 e. The summed E-state index contributed by atoms with van der Waals surface area (Å²) in [6.07, 6.45) is 1.52. The summed E-state index contributed by atoms with van der Waals surface area (Å²) in [4.78, 5) is 13.6. The smallest absolute Gasteiger partial charge is 0.240 e. The lowest BCUT2D eigenvalue weighted by Crippen LogP contribution is -1.95. The molecule has 0 saturated carbocycles. The van der Waals surface area contributed by atoms with E-state index in [9.17, 15) is 4.79 Å². The summed E-state index contributed by atoms with van der Waals surface area (Å²) < 4.78 is 0. The molecule has 1 rings (SSSR count). The Balaban J connectivity index is 2.99. The topological polar surface area (TPSA) is 41.5 Å². The number of hydrogen-bond acceptors (Lipinski definition) is 3. The fraction of sp³-hybridized carbons (Fsp3) is 0.222. The summed E-state index contributed by atoms with van der Waals surface area (Å²) >= 11 is 0. The standard InChI is InChI=1S/C9H10N2O/c1-2-10-8-5-3-4-6-9(8)11-7-12/h3-6,10H,2H2,1H3. The Hall–Kier alpha value is -1.60. The number of carbonyl (C=O) groups excluding carboxylic acids is 1. The molecule has 0 atom stereocenters. The van der Waals surface area contributed by atoms with Crippen LogP contribution >= 0.6 is 0 Å². The van der Waals surface area contributed by atoms with Crippen LogP contribution in [-0.2, 0) is 4.79 Å². The molecule has 0 spiro atoms. The van der Waals surface area contributed by atoms with Crippen LogP contribution in [-0.4, -0.2) is 12.6 Å². The van der Waals surface area contributed by atoms with E-state index in [2.05, 4.69) is 10.3 Å². The molecule has 0 heterocycles. The lowest BCUT2D eigenvalue weighted by atomic mass is 10.2. The molecule has 0 aliphatic rings. The summed E-state index contributed by atoms with van der Waals surface area (Å²) in [6.45, 7) is 2.80. The predicted molar refractivity (Wildman–Crippen MR) is 48.4 cm³/mol. The van der Waals surface area contributed by atoms with Gasteiger partial charge in [-0.25, -0.2) is 4.79 Å². The van der Waals surface area contributed by atoms with E-state index < -0.39 is 0 Å². The van der Waals surface area contributed by atoms with E-state index in [-0.39, 0.29) is 0 Å². The van der Waals surface area contributed by atoms with Gasteiger partial charge in [0.1, 0.15) is 0 Å². The average Bonchev–Trinajstić information content (AvgIpc) is 2.09. The van der Waals surface area contributed by atoms with E-state index in [4.69, 9.17) is 0 Å². The number of rotatable bonds is 3. The second-order valence-electron chi connectivity index (χ2n) is 2.25. The zero-order valence-electron chi connectivity index (χ0n) is 6.87. The van der Waals surface area contributed by atoms with Gasteiger partial charge in [0.15, 0.2) is 0 Å². The van der Waals surface area contributed by atoms with E-state index >= 15 is 0 Å². The van der Waals surface area contributed by atoms with E-state index in [1.54, 1.807) is 6.07 Å². The fourth-order valence-corrected chi connectivity index (χ4v) is 0.960. The van der Waals surface area contributed by atoms with Crippen molar-refractivity contribution >= 4 is 17.5 Å². The number of anilines is 1. The average molecular weight is 162 g/mol. The van der Waals surface area contributed by atoms with Crippen LogP contribution in [0.15, 0.2) is 29.3 Å². The molecule has 3 heteroatoms. The second kappa shape index (κ2) is 4.31. The second-order valence-corrected chi connectivity index (χ2v) is 2.25. The van der Waals surface area contributed by atoms with Gasteiger partial charge in [0, 0.05) is 6.54 Å². The number of benzene rings is 1. The SMILES string of the molecule is CCNc1ccccc1N=C=O. The van der Waals surface area contributed by atoms with Crippen molar-refractivity contribution in [3.05, 3.63) is 24.3 Å². The minimum atomic E-state index is 0.634. The number of aliphatic imine (C=N–C) groups is 1. The molecule has 0 aromatic heterocycles. The van der Waals surface area contributed by atoms with Crippen LogP contribution in [0.25, 0.3) is 0 Å². The Morgan fingerprint density at radius 2 is 2.25 bits per heavy atom. The summed E-state index contributed by atoms with van der Waals surface area (Å²) in [5, 5.41) is 3.09. The van der Waals surface area contributed by atoms with Crippen LogP contribution in [0.3, 0.4) is 0 Å². The maximum absolute atomic E-state index is 10.0. The van der Waals surface area contributed by atoms with Gasteiger partial charge in [-0.3, -0.25) is 0 Å². The third kappa shape index (κ3) is 1.94. The van der Waals surface area contributed by atoms with Gasteiger partial charge in [-0.05, 0) is 19.1 Å². The highest BCUT2D eigenvalue weighted by atomic mass is 16.1. The van der Waals surface area contributed by atoms with E-state index in [0.29, 0.717) is 5.69 Å². The molecule has 1 aromatic carbocycles. The van der Waals surface area contributed by atoms with Crippen molar-refractivity contribution in [2.24, 2.45) is 4.99 Å². The van der Waals surface area contributed by atoms with E-state index in [0.717, 1.165) is 12.2 Å². The van der Waals surface area contributed by atoms with Gasteiger partial charge in [-0.1, -0.05) is 12.1 Å². The van der Waals surface area contributed by atoms with Crippen LogP contribution in [0.2, 0.25) is 0 Å². The summed E-state index contributed by atoms with van der Waals surface area (Å²) in [6, 6.07) is 7.36. The van der Waals surface area contributed by atoms with Crippen molar-refractivity contribution in [2.75, 3.05) is 11.9 Å². The molecule has 1 N–H and O–H groups in total. The monoisotopic (exact) mass is 162 g/mol. The molecule has 0 fully saturated rings. The van der Waals surface area contributed by atoms with Gasteiger partial charge < -0.3 is 5.32 Å². The van der Waals surface area contributed by atoms with Gasteiger partial charge in [0.2, 0.25) is 6.08 Å². The zero-order valence-corrected chi connectivity index (χ0v) is 6.87.